The molecule has 1 aliphatic rings. The van der Waals surface area contributed by atoms with Gasteiger partial charge in [-0.05, 0) is 33.4 Å². The molecule has 1 radical (unpaired) electrons. The van der Waals surface area contributed by atoms with Crippen molar-refractivity contribution < 1.29 is 4.79 Å². The summed E-state index contributed by atoms with van der Waals surface area (Å²) < 4.78 is 0. The summed E-state index contributed by atoms with van der Waals surface area (Å²) in [4.78, 5) is 15.5. The molecule has 4 nitrogen and oxygen atoms in total. The van der Waals surface area contributed by atoms with E-state index >= 15 is 0 Å². The topological polar surface area (TPSA) is 35.6 Å². The highest BCUT2D eigenvalue weighted by molar-refractivity contribution is 5.74. The highest BCUT2D eigenvalue weighted by atomic mass is 16.2. The van der Waals surface area contributed by atoms with E-state index in [9.17, 15) is 4.79 Å². The van der Waals surface area contributed by atoms with E-state index in [1.165, 1.54) is 0 Å². The van der Waals surface area contributed by atoms with Gasteiger partial charge in [0.05, 0.1) is 0 Å². The Labute approximate surface area is 86.2 Å². The van der Waals surface area contributed by atoms with E-state index in [-0.39, 0.29) is 6.03 Å². The summed E-state index contributed by atoms with van der Waals surface area (Å²) >= 11 is 0. The third-order valence-corrected chi connectivity index (χ3v) is 2.33. The minimum atomic E-state index is 0.0833. The molecule has 1 aliphatic heterocycles. The third kappa shape index (κ3) is 3.96. The van der Waals surface area contributed by atoms with Crippen LogP contribution in [0.25, 0.3) is 0 Å². The third-order valence-electron chi connectivity index (χ3n) is 2.33. The van der Waals surface area contributed by atoms with Crippen LogP contribution in [-0.4, -0.2) is 56.1 Å². The molecule has 0 atom stereocenters. The van der Waals surface area contributed by atoms with Gasteiger partial charge in [-0.2, -0.15) is 0 Å². The molecule has 1 rings (SSSR count). The predicted molar refractivity (Wildman–Crippen MR) is 57.1 cm³/mol. The standard InChI is InChI=1S/C10H20N3O/c1-12(2)9-6-11-10(14)13-7-4-3-5-8-13/h3H,4-9H2,1-2H3,(H,11,14). The molecule has 0 aromatic heterocycles. The number of nitrogens with zero attached hydrogens (tertiary/aromatic N) is 2. The molecule has 14 heavy (non-hydrogen) atoms. The van der Waals surface area contributed by atoms with Gasteiger partial charge >= 0.3 is 6.03 Å². The molecule has 0 unspecified atom stereocenters. The number of hydrogen-bond acceptors (Lipinski definition) is 2. The Kier molecular flexibility index (Phi) is 4.73. The summed E-state index contributed by atoms with van der Waals surface area (Å²) in [7, 11) is 4.00. The summed E-state index contributed by atoms with van der Waals surface area (Å²) in [6.07, 6.45) is 4.30. The van der Waals surface area contributed by atoms with E-state index < -0.39 is 0 Å². The van der Waals surface area contributed by atoms with Gasteiger partial charge in [-0.1, -0.05) is 0 Å². The van der Waals surface area contributed by atoms with Crippen molar-refractivity contribution >= 4 is 6.03 Å². The Morgan fingerprint density at radius 3 is 2.64 bits per heavy atom. The van der Waals surface area contributed by atoms with Crippen LogP contribution in [0.15, 0.2) is 0 Å². The summed E-state index contributed by atoms with van der Waals surface area (Å²) in [5.41, 5.74) is 0. The lowest BCUT2D eigenvalue weighted by Gasteiger charge is -2.26. The van der Waals surface area contributed by atoms with Crippen LogP contribution in [0.3, 0.4) is 0 Å². The predicted octanol–water partition coefficient (Wildman–Crippen LogP) is 0.558. The zero-order valence-corrected chi connectivity index (χ0v) is 9.12. The lowest BCUT2D eigenvalue weighted by atomic mass is 10.1. The Balaban J connectivity index is 2.13. The molecule has 81 valence electrons. The molecule has 1 heterocycles. The van der Waals surface area contributed by atoms with Gasteiger partial charge in [0.1, 0.15) is 0 Å². The van der Waals surface area contributed by atoms with Crippen molar-refractivity contribution in [2.24, 2.45) is 0 Å². The van der Waals surface area contributed by atoms with Crippen LogP contribution in [-0.2, 0) is 0 Å². The molecule has 0 aromatic carbocycles. The molecule has 2 amide bonds. The van der Waals surface area contributed by atoms with Crippen LogP contribution in [0.1, 0.15) is 12.8 Å². The lowest BCUT2D eigenvalue weighted by Crippen LogP contribution is -2.44. The maximum absolute atomic E-state index is 11.6. The van der Waals surface area contributed by atoms with Crippen LogP contribution >= 0.6 is 0 Å². The fourth-order valence-corrected chi connectivity index (χ4v) is 1.45. The van der Waals surface area contributed by atoms with Crippen LogP contribution in [0.4, 0.5) is 4.79 Å². The van der Waals surface area contributed by atoms with E-state index in [1.54, 1.807) is 0 Å². The van der Waals surface area contributed by atoms with Crippen LogP contribution in [0.2, 0.25) is 0 Å². The molecule has 1 saturated heterocycles. The van der Waals surface area contributed by atoms with Crippen LogP contribution in [0, 0.1) is 6.42 Å². The second kappa shape index (κ2) is 5.86. The van der Waals surface area contributed by atoms with Gasteiger partial charge in [0.15, 0.2) is 0 Å². The second-order valence-electron chi connectivity index (χ2n) is 3.89. The van der Waals surface area contributed by atoms with Gasteiger partial charge in [-0.15, -0.1) is 0 Å². The first-order valence-electron chi connectivity index (χ1n) is 5.19. The smallest absolute Gasteiger partial charge is 0.317 e. The zero-order valence-electron chi connectivity index (χ0n) is 9.12. The van der Waals surface area contributed by atoms with Crippen molar-refractivity contribution in [2.45, 2.75) is 12.8 Å². The summed E-state index contributed by atoms with van der Waals surface area (Å²) in [5, 5.41) is 2.92. The number of carbonyl (C=O) groups excluding carboxylic acids is 1. The number of nitrogens with one attached hydrogen (secondary N) is 1. The molecule has 0 aliphatic carbocycles. The summed E-state index contributed by atoms with van der Waals surface area (Å²) in [6.45, 7) is 3.36. The largest absolute Gasteiger partial charge is 0.337 e. The van der Waals surface area contributed by atoms with Crippen molar-refractivity contribution in [3.8, 4) is 0 Å². The van der Waals surface area contributed by atoms with E-state index in [0.29, 0.717) is 0 Å². The van der Waals surface area contributed by atoms with Crippen molar-refractivity contribution in [3.63, 3.8) is 0 Å². The number of carbonyl (C=O) groups is 1. The van der Waals surface area contributed by atoms with Gasteiger partial charge in [-0.25, -0.2) is 4.79 Å². The Morgan fingerprint density at radius 1 is 1.43 bits per heavy atom. The van der Waals surface area contributed by atoms with Gasteiger partial charge < -0.3 is 15.1 Å². The molecular formula is C10H20N3O. The molecular weight excluding hydrogens is 178 g/mol. The number of piperidine rings is 1. The minimum Gasteiger partial charge on any atom is -0.337 e. The minimum absolute atomic E-state index is 0.0833. The fraction of sp³-hybridized carbons (Fsp3) is 0.800. The average molecular weight is 198 g/mol. The van der Waals surface area contributed by atoms with E-state index in [0.717, 1.165) is 39.0 Å². The zero-order chi connectivity index (χ0) is 10.4. The first-order valence-corrected chi connectivity index (χ1v) is 5.19. The van der Waals surface area contributed by atoms with E-state index in [2.05, 4.69) is 16.6 Å². The number of urea groups is 1. The second-order valence-corrected chi connectivity index (χ2v) is 3.89. The van der Waals surface area contributed by atoms with E-state index in [4.69, 9.17) is 0 Å². The lowest BCUT2D eigenvalue weighted by molar-refractivity contribution is 0.192. The maximum atomic E-state index is 11.6. The van der Waals surface area contributed by atoms with Crippen molar-refractivity contribution in [1.82, 2.24) is 15.1 Å². The Hall–Kier alpha value is -0.770. The first-order chi connectivity index (χ1) is 6.70. The molecule has 0 saturated carbocycles. The van der Waals surface area contributed by atoms with Gasteiger partial charge in [0.2, 0.25) is 0 Å². The Morgan fingerprint density at radius 2 is 2.07 bits per heavy atom. The van der Waals surface area contributed by atoms with Crippen LogP contribution < -0.4 is 5.32 Å². The number of hydrogen-bond donors (Lipinski definition) is 1. The highest BCUT2D eigenvalue weighted by Gasteiger charge is 2.15. The molecule has 4 heteroatoms. The highest BCUT2D eigenvalue weighted by Crippen LogP contribution is 2.06. The summed E-state index contributed by atoms with van der Waals surface area (Å²) in [5.74, 6) is 0. The normalized spacial score (nSPS) is 17.2. The number of likely N-dealkylation sites (N-methyl/N-ethyl adjacent to an activating group) is 1. The molecule has 1 N–H and O–H groups in total. The molecule has 0 aromatic rings. The van der Waals surface area contributed by atoms with E-state index in [1.807, 2.05) is 19.0 Å². The van der Waals surface area contributed by atoms with Crippen molar-refractivity contribution in [1.29, 1.82) is 0 Å². The molecule has 0 spiro atoms. The number of amides is 2. The number of likely N-dealkylation sites (tertiary alicyclic amines) is 1. The maximum Gasteiger partial charge on any atom is 0.317 e. The SMILES string of the molecule is CN(C)CCNC(=O)N1CC[CH]CC1. The van der Waals surface area contributed by atoms with Gasteiger partial charge in [0, 0.05) is 26.2 Å². The molecule has 0 bridgehead atoms. The first kappa shape index (κ1) is 11.3. The van der Waals surface area contributed by atoms with Crippen molar-refractivity contribution in [3.05, 3.63) is 6.42 Å². The monoisotopic (exact) mass is 198 g/mol. The van der Waals surface area contributed by atoms with Gasteiger partial charge in [-0.3, -0.25) is 0 Å². The average Bonchev–Trinajstić information content (AvgIpc) is 2.18. The quantitative estimate of drug-likeness (QED) is 0.719. The fourth-order valence-electron chi connectivity index (χ4n) is 1.45. The number of rotatable bonds is 3. The molecule has 1 fully saturated rings. The van der Waals surface area contributed by atoms with Gasteiger partial charge in [0.25, 0.3) is 0 Å². The summed E-state index contributed by atoms with van der Waals surface area (Å²) in [6, 6.07) is 0.0833. The van der Waals surface area contributed by atoms with Crippen molar-refractivity contribution in [2.75, 3.05) is 40.3 Å². The Bertz CT molecular complexity index is 176. The van der Waals surface area contributed by atoms with Crippen LogP contribution in [0.5, 0.6) is 0 Å².